The highest BCUT2D eigenvalue weighted by molar-refractivity contribution is 5.93. The summed E-state index contributed by atoms with van der Waals surface area (Å²) < 4.78 is 69.9. The highest BCUT2D eigenvalue weighted by Crippen LogP contribution is 2.29. The fourth-order valence-corrected chi connectivity index (χ4v) is 2.29. The zero-order chi connectivity index (χ0) is 20.0. The minimum atomic E-state index is -4.38. The molecule has 0 radical (unpaired) electrons. The number of ether oxygens (including phenoxy) is 1. The third-order valence-electron chi connectivity index (χ3n) is 3.67. The third-order valence-corrected chi connectivity index (χ3v) is 3.67. The lowest BCUT2D eigenvalue weighted by atomic mass is 10.1. The minimum Gasteiger partial charge on any atom is -0.490 e. The summed E-state index contributed by atoms with van der Waals surface area (Å²) in [4.78, 5) is 11.0. The number of anilines is 1. The molecule has 0 aromatic heterocycles. The third kappa shape index (κ3) is 5.57. The second-order valence-corrected chi connectivity index (χ2v) is 5.66. The monoisotopic (exact) mass is 388 g/mol. The number of nitrogens with one attached hydrogen (secondary N) is 1. The Morgan fingerprint density at radius 2 is 1.70 bits per heavy atom. The molecule has 0 saturated heterocycles. The molecular formula is C18H17F5N2O2. The number of primary amides is 1. The Labute approximate surface area is 152 Å². The van der Waals surface area contributed by atoms with Gasteiger partial charge in [-0.1, -0.05) is 0 Å². The van der Waals surface area contributed by atoms with Crippen LogP contribution in [0.3, 0.4) is 0 Å². The van der Waals surface area contributed by atoms with Crippen molar-refractivity contribution in [2.45, 2.75) is 19.0 Å². The van der Waals surface area contributed by atoms with E-state index in [1.54, 1.807) is 0 Å². The predicted molar refractivity (Wildman–Crippen MR) is 89.5 cm³/mol. The van der Waals surface area contributed by atoms with Crippen LogP contribution >= 0.6 is 0 Å². The van der Waals surface area contributed by atoms with Gasteiger partial charge in [0.25, 0.3) is 5.91 Å². The Kier molecular flexibility index (Phi) is 6.59. The van der Waals surface area contributed by atoms with Gasteiger partial charge in [-0.05, 0) is 49.2 Å². The van der Waals surface area contributed by atoms with Gasteiger partial charge in [0.2, 0.25) is 0 Å². The SMILES string of the molecule is NC(=O)c1c(F)ccc(OCCCCNc2ccc(C(F)(F)F)cc2)c1F. The summed E-state index contributed by atoms with van der Waals surface area (Å²) in [6.45, 7) is 0.572. The molecule has 2 aromatic carbocycles. The molecule has 9 heteroatoms. The standard InChI is InChI=1S/C18H17F5N2O2/c19-13-7-8-14(16(20)15(13)17(24)26)27-10-2-1-9-25-12-5-3-11(4-6-12)18(21,22)23/h3-8,25H,1-2,9-10H2,(H2,24,26). The molecule has 0 atom stereocenters. The topological polar surface area (TPSA) is 64.4 Å². The molecule has 0 aliphatic carbocycles. The van der Waals surface area contributed by atoms with Crippen LogP contribution in [0.2, 0.25) is 0 Å². The van der Waals surface area contributed by atoms with Crippen molar-refractivity contribution in [3.05, 3.63) is 59.2 Å². The lowest BCUT2D eigenvalue weighted by Crippen LogP contribution is -2.16. The molecule has 0 heterocycles. The highest BCUT2D eigenvalue weighted by Gasteiger charge is 2.29. The number of unbranched alkanes of at least 4 members (excludes halogenated alkanes) is 1. The van der Waals surface area contributed by atoms with Crippen molar-refractivity contribution >= 4 is 11.6 Å². The number of halogens is 5. The Morgan fingerprint density at radius 1 is 1.04 bits per heavy atom. The molecule has 1 amide bonds. The largest absolute Gasteiger partial charge is 0.490 e. The van der Waals surface area contributed by atoms with Gasteiger partial charge in [0.15, 0.2) is 11.6 Å². The summed E-state index contributed by atoms with van der Waals surface area (Å²) in [5.41, 5.74) is 3.89. The van der Waals surface area contributed by atoms with Crippen molar-refractivity contribution in [2.24, 2.45) is 5.73 Å². The van der Waals surface area contributed by atoms with Crippen LogP contribution < -0.4 is 15.8 Å². The molecule has 0 saturated carbocycles. The number of benzene rings is 2. The Hall–Kier alpha value is -2.84. The van der Waals surface area contributed by atoms with Gasteiger partial charge in [0.05, 0.1) is 12.2 Å². The lowest BCUT2D eigenvalue weighted by molar-refractivity contribution is -0.137. The summed E-state index contributed by atoms with van der Waals surface area (Å²) in [5.74, 6) is -3.71. The molecule has 0 spiro atoms. The Bertz CT molecular complexity index is 792. The van der Waals surface area contributed by atoms with Crippen molar-refractivity contribution in [3.63, 3.8) is 0 Å². The van der Waals surface area contributed by atoms with Gasteiger partial charge in [-0.3, -0.25) is 4.79 Å². The normalized spacial score (nSPS) is 11.3. The van der Waals surface area contributed by atoms with Crippen molar-refractivity contribution in [2.75, 3.05) is 18.5 Å². The molecule has 2 rings (SSSR count). The van der Waals surface area contributed by atoms with E-state index < -0.39 is 34.8 Å². The van der Waals surface area contributed by atoms with Gasteiger partial charge < -0.3 is 15.8 Å². The molecule has 0 aliphatic rings. The van der Waals surface area contributed by atoms with E-state index >= 15 is 0 Å². The second-order valence-electron chi connectivity index (χ2n) is 5.66. The fourth-order valence-electron chi connectivity index (χ4n) is 2.29. The van der Waals surface area contributed by atoms with Crippen LogP contribution in [0.25, 0.3) is 0 Å². The van der Waals surface area contributed by atoms with E-state index in [-0.39, 0.29) is 12.4 Å². The van der Waals surface area contributed by atoms with Crippen molar-refractivity contribution < 1.29 is 31.5 Å². The Balaban J connectivity index is 1.75. The summed E-state index contributed by atoms with van der Waals surface area (Å²) in [5, 5.41) is 2.96. The summed E-state index contributed by atoms with van der Waals surface area (Å²) >= 11 is 0. The number of hydrogen-bond acceptors (Lipinski definition) is 3. The zero-order valence-corrected chi connectivity index (χ0v) is 14.1. The molecule has 4 nitrogen and oxygen atoms in total. The van der Waals surface area contributed by atoms with E-state index in [2.05, 4.69) is 5.32 Å². The van der Waals surface area contributed by atoms with Crippen LogP contribution in [-0.2, 0) is 6.18 Å². The first-order valence-electron chi connectivity index (χ1n) is 8.02. The first-order valence-corrected chi connectivity index (χ1v) is 8.02. The van der Waals surface area contributed by atoms with E-state index in [0.29, 0.717) is 25.1 Å². The van der Waals surface area contributed by atoms with Gasteiger partial charge in [0, 0.05) is 12.2 Å². The number of rotatable bonds is 8. The average molecular weight is 388 g/mol. The van der Waals surface area contributed by atoms with E-state index in [0.717, 1.165) is 24.3 Å². The number of amides is 1. The maximum absolute atomic E-state index is 13.9. The van der Waals surface area contributed by atoms with Gasteiger partial charge in [-0.25, -0.2) is 8.78 Å². The number of alkyl halides is 3. The van der Waals surface area contributed by atoms with Gasteiger partial charge in [-0.15, -0.1) is 0 Å². The van der Waals surface area contributed by atoms with Crippen molar-refractivity contribution in [1.82, 2.24) is 0 Å². The molecule has 3 N–H and O–H groups in total. The molecule has 0 unspecified atom stereocenters. The van der Waals surface area contributed by atoms with Crippen LogP contribution in [0.4, 0.5) is 27.6 Å². The van der Waals surface area contributed by atoms with Crippen molar-refractivity contribution in [3.8, 4) is 5.75 Å². The molecule has 0 aliphatic heterocycles. The first kappa shape index (κ1) is 20.5. The van der Waals surface area contributed by atoms with Crippen LogP contribution in [0.15, 0.2) is 36.4 Å². The predicted octanol–water partition coefficient (Wildman–Crippen LogP) is 4.35. The quantitative estimate of drug-likeness (QED) is 0.522. The molecule has 0 fully saturated rings. The van der Waals surface area contributed by atoms with Crippen LogP contribution in [-0.4, -0.2) is 19.1 Å². The van der Waals surface area contributed by atoms with Gasteiger partial charge in [-0.2, -0.15) is 13.2 Å². The number of carbonyl (C=O) groups is 1. The Morgan fingerprint density at radius 3 is 2.30 bits per heavy atom. The maximum Gasteiger partial charge on any atom is 0.416 e. The molecular weight excluding hydrogens is 371 g/mol. The van der Waals surface area contributed by atoms with E-state index in [1.807, 2.05) is 0 Å². The summed E-state index contributed by atoms with van der Waals surface area (Å²) in [6, 6.07) is 6.59. The van der Waals surface area contributed by atoms with E-state index in [9.17, 15) is 26.7 Å². The second kappa shape index (κ2) is 8.70. The lowest BCUT2D eigenvalue weighted by Gasteiger charge is -2.11. The molecule has 146 valence electrons. The number of nitrogens with two attached hydrogens (primary N) is 1. The maximum atomic E-state index is 13.9. The first-order chi connectivity index (χ1) is 12.7. The van der Waals surface area contributed by atoms with Crippen LogP contribution in [0, 0.1) is 11.6 Å². The van der Waals surface area contributed by atoms with E-state index in [1.165, 1.54) is 12.1 Å². The average Bonchev–Trinajstić information content (AvgIpc) is 2.59. The van der Waals surface area contributed by atoms with E-state index in [4.69, 9.17) is 10.5 Å². The molecule has 0 bridgehead atoms. The zero-order valence-electron chi connectivity index (χ0n) is 14.1. The smallest absolute Gasteiger partial charge is 0.416 e. The number of hydrogen-bond donors (Lipinski definition) is 2. The summed E-state index contributed by atoms with van der Waals surface area (Å²) in [7, 11) is 0. The van der Waals surface area contributed by atoms with Crippen molar-refractivity contribution in [1.29, 1.82) is 0 Å². The summed E-state index contributed by atoms with van der Waals surface area (Å²) in [6.07, 6.45) is -3.29. The van der Waals surface area contributed by atoms with Gasteiger partial charge >= 0.3 is 6.18 Å². The fraction of sp³-hybridized carbons (Fsp3) is 0.278. The molecule has 2 aromatic rings. The van der Waals surface area contributed by atoms with Crippen LogP contribution in [0.1, 0.15) is 28.8 Å². The molecule has 27 heavy (non-hydrogen) atoms. The highest BCUT2D eigenvalue weighted by atomic mass is 19.4. The van der Waals surface area contributed by atoms with Gasteiger partial charge in [0.1, 0.15) is 11.4 Å². The van der Waals surface area contributed by atoms with Crippen LogP contribution in [0.5, 0.6) is 5.75 Å². The number of carbonyl (C=O) groups excluding carboxylic acids is 1. The minimum absolute atomic E-state index is 0.107.